The van der Waals surface area contributed by atoms with Gasteiger partial charge in [-0.2, -0.15) is 0 Å². The molecule has 0 atom stereocenters. The number of carbonyl (C=O) groups excluding carboxylic acids is 3. The highest BCUT2D eigenvalue weighted by molar-refractivity contribution is 6.39. The number of imide groups is 2. The Hall–Kier alpha value is -3.15. The smallest absolute Gasteiger partial charge is 0.335 e. The minimum absolute atomic E-state index is 0.0738. The largest absolute Gasteiger partial charge is 0.343 e. The number of benzene rings is 1. The molecule has 0 unspecified atom stereocenters. The molecule has 0 spiro atoms. The summed E-state index contributed by atoms with van der Waals surface area (Å²) in [6, 6.07) is 9.95. The number of anilines is 1. The van der Waals surface area contributed by atoms with Gasteiger partial charge in [-0.25, -0.2) is 9.69 Å². The fourth-order valence-corrected chi connectivity index (χ4v) is 2.93. The van der Waals surface area contributed by atoms with Gasteiger partial charge in [0.15, 0.2) is 0 Å². The summed E-state index contributed by atoms with van der Waals surface area (Å²) in [5, 5.41) is 2.25. The molecule has 0 radical (unpaired) electrons. The maximum absolute atomic E-state index is 12.9. The highest BCUT2D eigenvalue weighted by Crippen LogP contribution is 2.24. The first kappa shape index (κ1) is 17.7. The van der Waals surface area contributed by atoms with Crippen LogP contribution in [-0.2, 0) is 15.1 Å². The maximum Gasteiger partial charge on any atom is 0.335 e. The van der Waals surface area contributed by atoms with E-state index in [0.29, 0.717) is 5.69 Å². The molecule has 0 bridgehead atoms. The molecule has 0 aliphatic carbocycles. The van der Waals surface area contributed by atoms with Gasteiger partial charge in [0.05, 0.1) is 5.69 Å². The van der Waals surface area contributed by atoms with Gasteiger partial charge in [0.1, 0.15) is 5.57 Å². The summed E-state index contributed by atoms with van der Waals surface area (Å²) in [5.74, 6) is -1.32. The normalized spacial score (nSPS) is 17.0. The van der Waals surface area contributed by atoms with E-state index in [4.69, 9.17) is 0 Å². The van der Waals surface area contributed by atoms with Crippen LogP contribution >= 0.6 is 0 Å². The van der Waals surface area contributed by atoms with Crippen LogP contribution < -0.4 is 10.2 Å². The summed E-state index contributed by atoms with van der Waals surface area (Å²) in [6.07, 6.45) is 3.42. The Morgan fingerprint density at radius 2 is 1.77 bits per heavy atom. The third-order valence-corrected chi connectivity index (χ3v) is 4.16. The van der Waals surface area contributed by atoms with Crippen LogP contribution in [0.2, 0.25) is 0 Å². The minimum atomic E-state index is -0.742. The van der Waals surface area contributed by atoms with E-state index in [-0.39, 0.29) is 11.1 Å². The van der Waals surface area contributed by atoms with Crippen molar-refractivity contribution in [1.29, 1.82) is 0 Å². The van der Waals surface area contributed by atoms with Crippen LogP contribution in [-0.4, -0.2) is 22.4 Å². The summed E-state index contributed by atoms with van der Waals surface area (Å²) in [4.78, 5) is 38.4. The van der Waals surface area contributed by atoms with Crippen molar-refractivity contribution < 1.29 is 14.4 Å². The van der Waals surface area contributed by atoms with Crippen LogP contribution in [0.3, 0.4) is 0 Å². The van der Waals surface area contributed by atoms with Crippen molar-refractivity contribution in [2.45, 2.75) is 33.2 Å². The van der Waals surface area contributed by atoms with Crippen LogP contribution in [0, 0.1) is 6.92 Å². The summed E-state index contributed by atoms with van der Waals surface area (Å²) in [7, 11) is 0. The molecule has 134 valence electrons. The first-order valence-electron chi connectivity index (χ1n) is 8.34. The number of carbonyl (C=O) groups is 3. The highest BCUT2D eigenvalue weighted by atomic mass is 16.2. The van der Waals surface area contributed by atoms with Crippen molar-refractivity contribution >= 4 is 29.6 Å². The van der Waals surface area contributed by atoms with Gasteiger partial charge in [0.25, 0.3) is 11.8 Å². The zero-order valence-electron chi connectivity index (χ0n) is 15.2. The monoisotopic (exact) mass is 351 g/mol. The van der Waals surface area contributed by atoms with Crippen LogP contribution in [0.25, 0.3) is 6.08 Å². The van der Waals surface area contributed by atoms with E-state index in [9.17, 15) is 14.4 Å². The van der Waals surface area contributed by atoms with Crippen molar-refractivity contribution in [3.63, 3.8) is 0 Å². The molecule has 1 N–H and O–H groups in total. The van der Waals surface area contributed by atoms with Gasteiger partial charge in [0.2, 0.25) is 0 Å². The van der Waals surface area contributed by atoms with E-state index in [1.54, 1.807) is 18.2 Å². The van der Waals surface area contributed by atoms with Crippen LogP contribution in [0.5, 0.6) is 0 Å². The van der Waals surface area contributed by atoms with E-state index < -0.39 is 17.8 Å². The van der Waals surface area contributed by atoms with E-state index in [0.717, 1.165) is 16.2 Å². The third-order valence-electron chi connectivity index (χ3n) is 4.16. The molecule has 1 aromatic heterocycles. The molecule has 6 heteroatoms. The van der Waals surface area contributed by atoms with Crippen molar-refractivity contribution in [1.82, 2.24) is 9.88 Å². The molecule has 6 nitrogen and oxygen atoms in total. The van der Waals surface area contributed by atoms with Gasteiger partial charge in [-0.05, 0) is 63.6 Å². The molecule has 3 rings (SSSR count). The number of hydrogen-bond acceptors (Lipinski definition) is 3. The molecule has 2 heterocycles. The summed E-state index contributed by atoms with van der Waals surface area (Å²) in [6.45, 7) is 7.95. The number of nitrogens with one attached hydrogen (secondary N) is 1. The molecule has 1 aliphatic heterocycles. The summed E-state index contributed by atoms with van der Waals surface area (Å²) < 4.78 is 1.97. The number of aryl methyl sites for hydroxylation is 1. The Morgan fingerprint density at radius 3 is 2.42 bits per heavy atom. The molecule has 1 aromatic carbocycles. The number of aromatic nitrogens is 1. The third kappa shape index (κ3) is 3.18. The molecule has 1 aliphatic rings. The fraction of sp³-hybridized carbons (Fsp3) is 0.250. The first-order valence-corrected chi connectivity index (χ1v) is 8.34. The van der Waals surface area contributed by atoms with Gasteiger partial charge >= 0.3 is 6.03 Å². The zero-order chi connectivity index (χ0) is 19.1. The van der Waals surface area contributed by atoms with Crippen LogP contribution in [0.15, 0.2) is 48.2 Å². The number of amides is 4. The van der Waals surface area contributed by atoms with Crippen molar-refractivity contribution in [2.24, 2.45) is 0 Å². The van der Waals surface area contributed by atoms with Crippen LogP contribution in [0.4, 0.5) is 10.5 Å². The number of barbiturate groups is 1. The van der Waals surface area contributed by atoms with Crippen molar-refractivity contribution in [2.75, 3.05) is 4.90 Å². The standard InChI is InChI=1S/C20H21N3O3/c1-13-7-5-8-15(11-13)23-18(25)16(17(24)21-19(23)26)12-14-9-6-10-22(14)20(2,3)4/h5-12H,1-4H3,(H,21,24,26). The lowest BCUT2D eigenvalue weighted by molar-refractivity contribution is -0.122. The molecule has 0 saturated carbocycles. The van der Waals surface area contributed by atoms with E-state index in [2.05, 4.69) is 5.32 Å². The second kappa shape index (κ2) is 6.29. The van der Waals surface area contributed by atoms with Crippen molar-refractivity contribution in [3.8, 4) is 0 Å². The Bertz CT molecular complexity index is 932. The Kier molecular flexibility index (Phi) is 4.28. The average molecular weight is 351 g/mol. The SMILES string of the molecule is Cc1cccc(N2C(=O)NC(=O)C(=Cc3cccn3C(C)(C)C)C2=O)c1. The number of nitrogens with zero attached hydrogens (tertiary/aromatic N) is 2. The van der Waals surface area contributed by atoms with Gasteiger partial charge in [0, 0.05) is 17.4 Å². The number of rotatable bonds is 2. The lowest BCUT2D eigenvalue weighted by Crippen LogP contribution is -2.54. The van der Waals surface area contributed by atoms with E-state index in [1.165, 1.54) is 6.08 Å². The molecule has 1 fully saturated rings. The number of urea groups is 1. The molecule has 1 saturated heterocycles. The van der Waals surface area contributed by atoms with E-state index in [1.807, 2.05) is 56.7 Å². The molecule has 4 amide bonds. The number of hydrogen-bond donors (Lipinski definition) is 1. The first-order chi connectivity index (χ1) is 12.2. The van der Waals surface area contributed by atoms with Gasteiger partial charge < -0.3 is 4.57 Å². The maximum atomic E-state index is 12.9. The van der Waals surface area contributed by atoms with Crippen LogP contribution in [0.1, 0.15) is 32.0 Å². The Balaban J connectivity index is 2.05. The summed E-state index contributed by atoms with van der Waals surface area (Å²) in [5.41, 5.74) is 1.77. The Labute approximate surface area is 152 Å². The predicted molar refractivity (Wildman–Crippen MR) is 99.6 cm³/mol. The highest BCUT2D eigenvalue weighted by Gasteiger charge is 2.37. The molecule has 2 aromatic rings. The quantitative estimate of drug-likeness (QED) is 0.667. The van der Waals surface area contributed by atoms with Crippen molar-refractivity contribution in [3.05, 3.63) is 59.4 Å². The van der Waals surface area contributed by atoms with Gasteiger partial charge in [-0.3, -0.25) is 14.9 Å². The Morgan fingerprint density at radius 1 is 1.04 bits per heavy atom. The van der Waals surface area contributed by atoms with Gasteiger partial charge in [-0.15, -0.1) is 0 Å². The van der Waals surface area contributed by atoms with E-state index >= 15 is 0 Å². The lowest BCUT2D eigenvalue weighted by atomic mass is 10.1. The minimum Gasteiger partial charge on any atom is -0.343 e. The fourth-order valence-electron chi connectivity index (χ4n) is 2.93. The molecular formula is C20H21N3O3. The molecular weight excluding hydrogens is 330 g/mol. The second-order valence-electron chi connectivity index (χ2n) is 7.27. The predicted octanol–water partition coefficient (Wildman–Crippen LogP) is 3.22. The zero-order valence-corrected chi connectivity index (χ0v) is 15.2. The lowest BCUT2D eigenvalue weighted by Gasteiger charge is -2.27. The topological polar surface area (TPSA) is 71.4 Å². The van der Waals surface area contributed by atoms with Gasteiger partial charge in [-0.1, -0.05) is 12.1 Å². The average Bonchev–Trinajstić information content (AvgIpc) is 3.00. The molecule has 26 heavy (non-hydrogen) atoms. The second-order valence-corrected chi connectivity index (χ2v) is 7.27. The summed E-state index contributed by atoms with van der Waals surface area (Å²) >= 11 is 0.